The molecule has 0 radical (unpaired) electrons. The molecule has 2 atom stereocenters. The minimum atomic E-state index is -0.743. The van der Waals surface area contributed by atoms with Crippen LogP contribution in [0, 0.1) is 18.8 Å². The third-order valence-corrected chi connectivity index (χ3v) is 9.57. The highest BCUT2D eigenvalue weighted by Gasteiger charge is 2.72. The van der Waals surface area contributed by atoms with Gasteiger partial charge in [-0.2, -0.15) is 0 Å². The van der Waals surface area contributed by atoms with Crippen LogP contribution in [0.15, 0.2) is 72.8 Å². The number of carbonyl (C=O) groups is 2. The highest BCUT2D eigenvalue weighted by Crippen LogP contribution is 2.70. The van der Waals surface area contributed by atoms with Crippen LogP contribution in [0.5, 0.6) is 0 Å². The second kappa shape index (κ2) is 5.92. The fraction of sp³-hybridized carbons (Fsp3) is 0.200. The second-order valence-electron chi connectivity index (χ2n) is 8.32. The standard InChI is InChI=1S/C25H17Br2NO2/c1-14-10-12-15(13-11-14)28-22(29)20-21(23(28)30)25(27)17-7-3-2-6-16(17)24(20,26)18-8-4-5-9-19(18)25/h2-13,20-21H,1H3. The van der Waals surface area contributed by atoms with Gasteiger partial charge in [-0.1, -0.05) is 98.1 Å². The van der Waals surface area contributed by atoms with E-state index < -0.39 is 20.5 Å². The largest absolute Gasteiger partial charge is 0.274 e. The van der Waals surface area contributed by atoms with E-state index in [1.807, 2.05) is 55.5 Å². The number of alkyl halides is 2. The molecule has 0 saturated carbocycles. The summed E-state index contributed by atoms with van der Waals surface area (Å²) in [6.07, 6.45) is 0. The zero-order valence-corrected chi connectivity index (χ0v) is 19.3. The molecule has 2 amide bonds. The molecular weight excluding hydrogens is 506 g/mol. The summed E-state index contributed by atoms with van der Waals surface area (Å²) in [5.74, 6) is -1.37. The van der Waals surface area contributed by atoms with Gasteiger partial charge >= 0.3 is 0 Å². The number of aryl methyl sites for hydroxylation is 1. The smallest absolute Gasteiger partial charge is 0.239 e. The number of imide groups is 1. The summed E-state index contributed by atoms with van der Waals surface area (Å²) < 4.78 is -1.49. The van der Waals surface area contributed by atoms with Crippen molar-refractivity contribution in [3.05, 3.63) is 101 Å². The molecule has 0 spiro atoms. The van der Waals surface area contributed by atoms with Crippen LogP contribution in [0.25, 0.3) is 0 Å². The van der Waals surface area contributed by atoms with Gasteiger partial charge in [0.15, 0.2) is 0 Å². The molecular formula is C25H17Br2NO2. The quantitative estimate of drug-likeness (QED) is 0.317. The Labute approximate surface area is 191 Å². The molecule has 1 aliphatic heterocycles. The van der Waals surface area contributed by atoms with Gasteiger partial charge in [-0.25, -0.2) is 4.90 Å². The van der Waals surface area contributed by atoms with Crippen molar-refractivity contribution in [3.8, 4) is 0 Å². The molecule has 1 saturated heterocycles. The highest BCUT2D eigenvalue weighted by atomic mass is 79.9. The van der Waals surface area contributed by atoms with Crippen molar-refractivity contribution in [3.63, 3.8) is 0 Å². The lowest BCUT2D eigenvalue weighted by Gasteiger charge is -2.55. The zero-order chi connectivity index (χ0) is 20.8. The Bertz CT molecular complexity index is 1130. The first-order chi connectivity index (χ1) is 14.4. The van der Waals surface area contributed by atoms with Crippen LogP contribution < -0.4 is 4.90 Å². The Morgan fingerprint density at radius 3 is 1.40 bits per heavy atom. The van der Waals surface area contributed by atoms with Crippen LogP contribution >= 0.6 is 31.9 Å². The monoisotopic (exact) mass is 521 g/mol. The molecule has 2 bridgehead atoms. The molecule has 3 aliphatic carbocycles. The Balaban J connectivity index is 1.66. The predicted molar refractivity (Wildman–Crippen MR) is 123 cm³/mol. The number of nitrogens with zero attached hydrogens (tertiary/aromatic N) is 1. The fourth-order valence-electron chi connectivity index (χ4n) is 5.62. The Hall–Kier alpha value is -2.24. The number of hydrogen-bond donors (Lipinski definition) is 0. The predicted octanol–water partition coefficient (Wildman–Crippen LogP) is 5.40. The molecule has 30 heavy (non-hydrogen) atoms. The van der Waals surface area contributed by atoms with Crippen molar-refractivity contribution >= 4 is 49.4 Å². The molecule has 3 aromatic rings. The molecule has 5 heteroatoms. The summed E-state index contributed by atoms with van der Waals surface area (Å²) in [4.78, 5) is 29.1. The molecule has 1 heterocycles. The molecule has 0 N–H and O–H groups in total. The fourth-order valence-corrected chi connectivity index (χ4v) is 7.92. The lowest BCUT2D eigenvalue weighted by atomic mass is 9.54. The maximum atomic E-state index is 13.8. The van der Waals surface area contributed by atoms with Crippen molar-refractivity contribution in [1.82, 2.24) is 0 Å². The topological polar surface area (TPSA) is 37.4 Å². The van der Waals surface area contributed by atoms with Crippen LogP contribution in [0.3, 0.4) is 0 Å². The summed E-state index contributed by atoms with van der Waals surface area (Å²) >= 11 is 8.04. The Morgan fingerprint density at radius 2 is 1.03 bits per heavy atom. The van der Waals surface area contributed by atoms with Crippen LogP contribution in [-0.2, 0) is 18.2 Å². The van der Waals surface area contributed by atoms with E-state index in [2.05, 4.69) is 56.1 Å². The van der Waals surface area contributed by atoms with E-state index in [4.69, 9.17) is 0 Å². The average molecular weight is 523 g/mol. The number of hydrogen-bond acceptors (Lipinski definition) is 2. The van der Waals surface area contributed by atoms with E-state index in [1.165, 1.54) is 4.90 Å². The SMILES string of the molecule is Cc1ccc(N2C(=O)C3C(C2=O)C2(Br)c4ccccc4C3(Br)c3ccccc32)cc1. The number of carbonyl (C=O) groups excluding carboxylic acids is 2. The van der Waals surface area contributed by atoms with Crippen molar-refractivity contribution in [2.45, 2.75) is 15.6 Å². The van der Waals surface area contributed by atoms with Crippen molar-refractivity contribution in [2.75, 3.05) is 4.90 Å². The number of benzene rings is 3. The van der Waals surface area contributed by atoms with Crippen molar-refractivity contribution < 1.29 is 9.59 Å². The zero-order valence-electron chi connectivity index (χ0n) is 16.1. The lowest BCUT2D eigenvalue weighted by Crippen LogP contribution is -2.56. The van der Waals surface area contributed by atoms with Gasteiger partial charge in [0, 0.05) is 0 Å². The van der Waals surface area contributed by atoms with E-state index >= 15 is 0 Å². The van der Waals surface area contributed by atoms with E-state index in [9.17, 15) is 9.59 Å². The summed E-state index contributed by atoms with van der Waals surface area (Å²) in [6, 6.07) is 23.8. The summed E-state index contributed by atoms with van der Waals surface area (Å²) in [5, 5.41) is 0. The van der Waals surface area contributed by atoms with E-state index in [0.29, 0.717) is 5.69 Å². The van der Waals surface area contributed by atoms with Gasteiger partial charge in [0.1, 0.15) is 0 Å². The number of amides is 2. The molecule has 7 rings (SSSR count). The molecule has 148 valence electrons. The van der Waals surface area contributed by atoms with E-state index in [1.54, 1.807) is 0 Å². The maximum Gasteiger partial charge on any atom is 0.239 e. The summed E-state index contributed by atoms with van der Waals surface area (Å²) in [6.45, 7) is 1.99. The van der Waals surface area contributed by atoms with Crippen LogP contribution in [0.2, 0.25) is 0 Å². The van der Waals surface area contributed by atoms with Gasteiger partial charge < -0.3 is 0 Å². The van der Waals surface area contributed by atoms with Gasteiger partial charge in [-0.05, 0) is 41.3 Å². The minimum Gasteiger partial charge on any atom is -0.274 e. The molecule has 0 aromatic heterocycles. The van der Waals surface area contributed by atoms with Gasteiger partial charge in [-0.3, -0.25) is 9.59 Å². The summed E-state index contributed by atoms with van der Waals surface area (Å²) in [5.41, 5.74) is 5.92. The van der Waals surface area contributed by atoms with Gasteiger partial charge in [0.2, 0.25) is 11.8 Å². The first-order valence-corrected chi connectivity index (χ1v) is 11.5. The van der Waals surface area contributed by atoms with Gasteiger partial charge in [0.05, 0.1) is 26.2 Å². The van der Waals surface area contributed by atoms with Crippen LogP contribution in [0.1, 0.15) is 27.8 Å². The van der Waals surface area contributed by atoms with E-state index in [0.717, 1.165) is 27.8 Å². The van der Waals surface area contributed by atoms with Crippen LogP contribution in [-0.4, -0.2) is 11.8 Å². The third-order valence-electron chi connectivity index (χ3n) is 6.88. The number of rotatable bonds is 1. The van der Waals surface area contributed by atoms with Gasteiger partial charge in [-0.15, -0.1) is 0 Å². The Morgan fingerprint density at radius 1 is 0.667 bits per heavy atom. The number of anilines is 1. The molecule has 3 aromatic carbocycles. The molecule has 3 nitrogen and oxygen atoms in total. The highest BCUT2D eigenvalue weighted by molar-refractivity contribution is 9.10. The minimum absolute atomic E-state index is 0.154. The third kappa shape index (κ3) is 1.96. The Kier molecular flexibility index (Phi) is 3.66. The van der Waals surface area contributed by atoms with E-state index in [-0.39, 0.29) is 11.8 Å². The van der Waals surface area contributed by atoms with Crippen molar-refractivity contribution in [1.29, 1.82) is 0 Å². The molecule has 2 unspecified atom stereocenters. The first kappa shape index (κ1) is 18.5. The first-order valence-electron chi connectivity index (χ1n) is 9.92. The summed E-state index contributed by atoms with van der Waals surface area (Å²) in [7, 11) is 0. The average Bonchev–Trinajstić information content (AvgIpc) is 3.04. The lowest BCUT2D eigenvalue weighted by molar-refractivity contribution is -0.122. The number of halogens is 2. The van der Waals surface area contributed by atoms with Crippen molar-refractivity contribution in [2.24, 2.45) is 11.8 Å². The molecule has 4 aliphatic rings. The molecule has 1 fully saturated rings. The normalized spacial score (nSPS) is 30.8. The second-order valence-corrected chi connectivity index (χ2v) is 10.8. The maximum absolute atomic E-state index is 13.8. The van der Waals surface area contributed by atoms with Crippen LogP contribution in [0.4, 0.5) is 5.69 Å². The van der Waals surface area contributed by atoms with Gasteiger partial charge in [0.25, 0.3) is 0 Å².